The van der Waals surface area contributed by atoms with Crippen molar-refractivity contribution in [3.63, 3.8) is 0 Å². The fourth-order valence-corrected chi connectivity index (χ4v) is 2.28. The molecule has 1 heterocycles. The van der Waals surface area contributed by atoms with Gasteiger partial charge in [-0.2, -0.15) is 0 Å². The number of anilines is 1. The van der Waals surface area contributed by atoms with E-state index in [0.29, 0.717) is 11.3 Å². The second kappa shape index (κ2) is 5.14. The number of hydrogen-bond acceptors (Lipinski definition) is 4. The van der Waals surface area contributed by atoms with Crippen LogP contribution in [0.2, 0.25) is 0 Å². The average Bonchev–Trinajstić information content (AvgIpc) is 2.81. The van der Waals surface area contributed by atoms with Crippen LogP contribution in [0.1, 0.15) is 18.5 Å². The fraction of sp³-hybridized carbons (Fsp3) is 0.250. The first-order chi connectivity index (χ1) is 8.22. The molecular weight excluding hydrogens is 239 g/mol. The largest absolute Gasteiger partial charge is 0.496 e. The van der Waals surface area contributed by atoms with Gasteiger partial charge in [0, 0.05) is 11.6 Å². The van der Waals surface area contributed by atoms with Gasteiger partial charge in [0.15, 0.2) is 5.13 Å². The van der Waals surface area contributed by atoms with Gasteiger partial charge >= 0.3 is 0 Å². The maximum atomic E-state index is 13.8. The summed E-state index contributed by atoms with van der Waals surface area (Å²) in [6.07, 6.45) is 1.71. The number of thiazole rings is 1. The zero-order valence-electron chi connectivity index (χ0n) is 9.61. The van der Waals surface area contributed by atoms with Crippen molar-refractivity contribution in [3.8, 4) is 5.75 Å². The predicted molar refractivity (Wildman–Crippen MR) is 67.1 cm³/mol. The number of methoxy groups -OCH3 is 1. The van der Waals surface area contributed by atoms with Gasteiger partial charge in [-0.25, -0.2) is 9.37 Å². The summed E-state index contributed by atoms with van der Waals surface area (Å²) in [5.41, 5.74) is 0.519. The number of hydrogen-bond donors (Lipinski definition) is 1. The fourth-order valence-electron chi connectivity index (χ4n) is 1.67. The minimum Gasteiger partial charge on any atom is -0.496 e. The number of nitrogens with zero attached hydrogens (tertiary/aromatic N) is 1. The third-order valence-corrected chi connectivity index (χ3v) is 3.14. The summed E-state index contributed by atoms with van der Waals surface area (Å²) in [5.74, 6) is 0.266. The van der Waals surface area contributed by atoms with Crippen LogP contribution in [0.25, 0.3) is 0 Å². The maximum Gasteiger partial charge on any atom is 0.183 e. The first kappa shape index (κ1) is 11.9. The molecule has 3 nitrogen and oxygen atoms in total. The monoisotopic (exact) mass is 252 g/mol. The molecule has 0 saturated heterocycles. The molecule has 0 amide bonds. The Morgan fingerprint density at radius 3 is 2.94 bits per heavy atom. The first-order valence-electron chi connectivity index (χ1n) is 5.21. The van der Waals surface area contributed by atoms with Crippen molar-refractivity contribution in [1.82, 2.24) is 4.98 Å². The van der Waals surface area contributed by atoms with E-state index in [2.05, 4.69) is 10.3 Å². The van der Waals surface area contributed by atoms with E-state index in [0.717, 1.165) is 5.13 Å². The Hall–Kier alpha value is -1.62. The Morgan fingerprint density at radius 2 is 2.29 bits per heavy atom. The smallest absolute Gasteiger partial charge is 0.183 e. The summed E-state index contributed by atoms with van der Waals surface area (Å²) < 4.78 is 18.9. The van der Waals surface area contributed by atoms with Crippen molar-refractivity contribution >= 4 is 16.5 Å². The zero-order valence-corrected chi connectivity index (χ0v) is 10.4. The number of halogens is 1. The van der Waals surface area contributed by atoms with Gasteiger partial charge in [0.05, 0.1) is 18.7 Å². The van der Waals surface area contributed by atoms with Crippen molar-refractivity contribution in [1.29, 1.82) is 0 Å². The van der Waals surface area contributed by atoms with Crippen LogP contribution in [0.15, 0.2) is 29.8 Å². The lowest BCUT2D eigenvalue weighted by Gasteiger charge is -2.17. The Kier molecular flexibility index (Phi) is 3.58. The van der Waals surface area contributed by atoms with Crippen LogP contribution in [-0.4, -0.2) is 12.1 Å². The van der Waals surface area contributed by atoms with E-state index < -0.39 is 0 Å². The van der Waals surface area contributed by atoms with Crippen molar-refractivity contribution in [3.05, 3.63) is 41.2 Å². The number of aromatic nitrogens is 1. The Balaban J connectivity index is 2.26. The van der Waals surface area contributed by atoms with Gasteiger partial charge in [-0.05, 0) is 19.1 Å². The van der Waals surface area contributed by atoms with Crippen molar-refractivity contribution in [2.24, 2.45) is 0 Å². The highest BCUT2D eigenvalue weighted by atomic mass is 32.1. The van der Waals surface area contributed by atoms with Gasteiger partial charge in [-0.1, -0.05) is 6.07 Å². The molecule has 0 fully saturated rings. The minimum atomic E-state index is -0.277. The summed E-state index contributed by atoms with van der Waals surface area (Å²) in [7, 11) is 1.54. The Morgan fingerprint density at radius 1 is 1.47 bits per heavy atom. The first-order valence-corrected chi connectivity index (χ1v) is 6.08. The molecule has 2 aromatic rings. The van der Waals surface area contributed by atoms with Crippen molar-refractivity contribution < 1.29 is 9.13 Å². The molecule has 2 rings (SSSR count). The molecule has 1 aromatic carbocycles. The number of ether oxygens (including phenoxy) is 1. The molecule has 0 saturated carbocycles. The van der Waals surface area contributed by atoms with Crippen LogP contribution in [0.5, 0.6) is 5.75 Å². The van der Waals surface area contributed by atoms with Crippen molar-refractivity contribution in [2.45, 2.75) is 13.0 Å². The van der Waals surface area contributed by atoms with E-state index in [-0.39, 0.29) is 11.9 Å². The highest BCUT2D eigenvalue weighted by molar-refractivity contribution is 7.13. The van der Waals surface area contributed by atoms with Crippen LogP contribution in [0.4, 0.5) is 9.52 Å². The maximum absolute atomic E-state index is 13.8. The van der Waals surface area contributed by atoms with Crippen LogP contribution in [0, 0.1) is 5.82 Å². The summed E-state index contributed by atoms with van der Waals surface area (Å²) in [6, 6.07) is 4.61. The standard InChI is InChI=1S/C12H13FN2OS/c1-8(15-12-14-6-7-17-12)11-9(13)4-3-5-10(11)16-2/h3-8H,1-2H3,(H,14,15). The van der Waals surface area contributed by atoms with E-state index in [4.69, 9.17) is 4.74 Å². The molecule has 0 aliphatic carbocycles. The molecule has 0 aliphatic rings. The second-order valence-corrected chi connectivity index (χ2v) is 4.45. The van der Waals surface area contributed by atoms with Crippen LogP contribution >= 0.6 is 11.3 Å². The molecule has 1 aromatic heterocycles. The molecular formula is C12H13FN2OS. The average molecular weight is 252 g/mol. The lowest BCUT2D eigenvalue weighted by Crippen LogP contribution is -2.10. The molecule has 0 radical (unpaired) electrons. The molecule has 1 N–H and O–H groups in total. The molecule has 0 aliphatic heterocycles. The SMILES string of the molecule is COc1cccc(F)c1C(C)Nc1nccs1. The molecule has 17 heavy (non-hydrogen) atoms. The van der Waals surface area contributed by atoms with E-state index in [1.807, 2.05) is 12.3 Å². The van der Waals surface area contributed by atoms with E-state index in [9.17, 15) is 4.39 Å². The zero-order chi connectivity index (χ0) is 12.3. The van der Waals surface area contributed by atoms with Crippen LogP contribution < -0.4 is 10.1 Å². The van der Waals surface area contributed by atoms with E-state index >= 15 is 0 Å². The predicted octanol–water partition coefficient (Wildman–Crippen LogP) is 3.46. The molecule has 0 bridgehead atoms. The summed E-state index contributed by atoms with van der Waals surface area (Å²) in [6.45, 7) is 1.88. The molecule has 5 heteroatoms. The second-order valence-electron chi connectivity index (χ2n) is 3.56. The van der Waals surface area contributed by atoms with Crippen LogP contribution in [-0.2, 0) is 0 Å². The summed E-state index contributed by atoms with van der Waals surface area (Å²) in [4.78, 5) is 4.11. The topological polar surface area (TPSA) is 34.1 Å². The quantitative estimate of drug-likeness (QED) is 0.904. The lowest BCUT2D eigenvalue weighted by molar-refractivity contribution is 0.402. The van der Waals surface area contributed by atoms with E-state index in [1.54, 1.807) is 18.3 Å². The molecule has 0 spiro atoms. The Bertz CT molecular complexity index is 487. The van der Waals surface area contributed by atoms with Gasteiger partial charge in [-0.3, -0.25) is 0 Å². The van der Waals surface area contributed by atoms with Gasteiger partial charge in [0.25, 0.3) is 0 Å². The van der Waals surface area contributed by atoms with Crippen molar-refractivity contribution in [2.75, 3.05) is 12.4 Å². The van der Waals surface area contributed by atoms with Gasteiger partial charge in [-0.15, -0.1) is 11.3 Å². The highest BCUT2D eigenvalue weighted by Crippen LogP contribution is 2.30. The molecule has 1 unspecified atom stereocenters. The normalized spacial score (nSPS) is 12.2. The third-order valence-electron chi connectivity index (χ3n) is 2.44. The van der Waals surface area contributed by atoms with Crippen LogP contribution in [0.3, 0.4) is 0 Å². The molecule has 1 atom stereocenters. The third kappa shape index (κ3) is 2.55. The number of nitrogens with one attached hydrogen (secondary N) is 1. The minimum absolute atomic E-state index is 0.197. The highest BCUT2D eigenvalue weighted by Gasteiger charge is 2.16. The summed E-state index contributed by atoms with van der Waals surface area (Å²) >= 11 is 1.48. The number of rotatable bonds is 4. The molecule has 90 valence electrons. The van der Waals surface area contributed by atoms with E-state index in [1.165, 1.54) is 24.5 Å². The Labute approximate surface area is 103 Å². The van der Waals surface area contributed by atoms with Gasteiger partial charge in [0.2, 0.25) is 0 Å². The lowest BCUT2D eigenvalue weighted by atomic mass is 10.1. The van der Waals surface area contributed by atoms with Gasteiger partial charge in [0.1, 0.15) is 11.6 Å². The number of benzene rings is 1. The summed E-state index contributed by atoms with van der Waals surface area (Å²) in [5, 5.41) is 5.78. The van der Waals surface area contributed by atoms with Gasteiger partial charge < -0.3 is 10.1 Å².